The lowest BCUT2D eigenvalue weighted by atomic mass is 9.95. The van der Waals surface area contributed by atoms with Crippen LogP contribution in [0.2, 0.25) is 0 Å². The standard InChI is InChI=1S/C26H29N3O4/c1-17-15-22(23(30)16-33-26(32)20-11-7-5-8-12-20)18(2)28(17)24-19(3)27(4)29(25(24)31)21-13-9-6-10-14-21/h5-7,9-10,13-15,20H,8,11-12,16H2,1-4H3. The summed E-state index contributed by atoms with van der Waals surface area (Å²) < 4.78 is 10.6. The Bertz CT molecular complexity index is 1290. The fourth-order valence-corrected chi connectivity index (χ4v) is 4.54. The molecule has 0 fully saturated rings. The van der Waals surface area contributed by atoms with E-state index in [1.165, 1.54) is 0 Å². The van der Waals surface area contributed by atoms with E-state index in [0.717, 1.165) is 29.9 Å². The van der Waals surface area contributed by atoms with Crippen LogP contribution in [0.4, 0.5) is 0 Å². The first-order chi connectivity index (χ1) is 15.8. The minimum Gasteiger partial charge on any atom is -0.457 e. The van der Waals surface area contributed by atoms with Crippen LogP contribution in [0.5, 0.6) is 0 Å². The van der Waals surface area contributed by atoms with Gasteiger partial charge in [-0.2, -0.15) is 0 Å². The number of aromatic nitrogens is 3. The van der Waals surface area contributed by atoms with E-state index in [0.29, 0.717) is 23.4 Å². The van der Waals surface area contributed by atoms with E-state index in [1.54, 1.807) is 10.7 Å². The van der Waals surface area contributed by atoms with Crippen LogP contribution in [0.1, 0.15) is 46.7 Å². The number of allylic oxidation sites excluding steroid dienone is 2. The summed E-state index contributed by atoms with van der Waals surface area (Å²) in [6.07, 6.45) is 6.30. The lowest BCUT2D eigenvalue weighted by molar-refractivity contribution is -0.147. The van der Waals surface area contributed by atoms with Gasteiger partial charge in [0, 0.05) is 24.0 Å². The first-order valence-electron chi connectivity index (χ1n) is 11.2. The lowest BCUT2D eigenvalue weighted by Gasteiger charge is -2.16. The minimum absolute atomic E-state index is 0.168. The van der Waals surface area contributed by atoms with Crippen molar-refractivity contribution in [2.24, 2.45) is 13.0 Å². The zero-order valence-electron chi connectivity index (χ0n) is 19.5. The molecule has 2 aromatic heterocycles. The molecule has 33 heavy (non-hydrogen) atoms. The molecule has 2 heterocycles. The molecule has 0 radical (unpaired) electrons. The molecule has 7 heteroatoms. The van der Waals surface area contributed by atoms with Crippen LogP contribution in [-0.2, 0) is 16.6 Å². The van der Waals surface area contributed by atoms with Gasteiger partial charge in [0.2, 0.25) is 5.78 Å². The van der Waals surface area contributed by atoms with Gasteiger partial charge in [0.05, 0.1) is 17.3 Å². The van der Waals surface area contributed by atoms with Crippen LogP contribution in [0.25, 0.3) is 11.4 Å². The fraction of sp³-hybridized carbons (Fsp3) is 0.346. The first-order valence-corrected chi connectivity index (χ1v) is 11.2. The predicted molar refractivity (Wildman–Crippen MR) is 126 cm³/mol. The molecule has 0 saturated carbocycles. The molecule has 0 amide bonds. The van der Waals surface area contributed by atoms with Crippen molar-refractivity contribution in [2.75, 3.05) is 6.61 Å². The van der Waals surface area contributed by atoms with Crippen molar-refractivity contribution in [3.63, 3.8) is 0 Å². The van der Waals surface area contributed by atoms with Gasteiger partial charge in [-0.25, -0.2) is 4.68 Å². The second-order valence-electron chi connectivity index (χ2n) is 8.54. The number of nitrogens with zero attached hydrogens (tertiary/aromatic N) is 3. The van der Waals surface area contributed by atoms with Gasteiger partial charge in [0.15, 0.2) is 6.61 Å². The molecule has 0 saturated heterocycles. The highest BCUT2D eigenvalue weighted by Gasteiger charge is 2.25. The molecule has 4 rings (SSSR count). The molecule has 1 unspecified atom stereocenters. The topological polar surface area (TPSA) is 75.2 Å². The van der Waals surface area contributed by atoms with Crippen LogP contribution in [-0.4, -0.2) is 32.3 Å². The molecule has 3 aromatic rings. The summed E-state index contributed by atoms with van der Waals surface area (Å²) in [6, 6.07) is 11.2. The predicted octanol–water partition coefficient (Wildman–Crippen LogP) is 3.97. The van der Waals surface area contributed by atoms with Gasteiger partial charge in [-0.3, -0.25) is 19.1 Å². The summed E-state index contributed by atoms with van der Waals surface area (Å²) in [6.45, 7) is 5.26. The van der Waals surface area contributed by atoms with Crippen molar-refractivity contribution in [3.05, 3.63) is 81.5 Å². The van der Waals surface area contributed by atoms with Crippen molar-refractivity contribution >= 4 is 11.8 Å². The van der Waals surface area contributed by atoms with Crippen molar-refractivity contribution in [1.29, 1.82) is 0 Å². The highest BCUT2D eigenvalue weighted by atomic mass is 16.5. The second kappa shape index (κ2) is 9.10. The second-order valence-corrected chi connectivity index (χ2v) is 8.54. The summed E-state index contributed by atoms with van der Waals surface area (Å²) in [5, 5.41) is 0. The Balaban J connectivity index is 1.63. The number of para-hydroxylation sites is 1. The van der Waals surface area contributed by atoms with Gasteiger partial charge in [0.25, 0.3) is 5.56 Å². The van der Waals surface area contributed by atoms with Crippen molar-refractivity contribution in [3.8, 4) is 11.4 Å². The Labute approximate surface area is 192 Å². The van der Waals surface area contributed by atoms with Gasteiger partial charge < -0.3 is 9.30 Å². The lowest BCUT2D eigenvalue weighted by Crippen LogP contribution is -2.23. The Kier molecular flexibility index (Phi) is 6.22. The van der Waals surface area contributed by atoms with Gasteiger partial charge in [0.1, 0.15) is 5.69 Å². The minimum atomic E-state index is -0.328. The maximum atomic E-state index is 13.4. The van der Waals surface area contributed by atoms with Gasteiger partial charge in [-0.15, -0.1) is 0 Å². The number of aryl methyl sites for hydroxylation is 1. The van der Waals surface area contributed by atoms with Gasteiger partial charge >= 0.3 is 5.97 Å². The number of esters is 1. The van der Waals surface area contributed by atoms with Crippen LogP contribution >= 0.6 is 0 Å². The van der Waals surface area contributed by atoms with Crippen LogP contribution in [0, 0.1) is 26.7 Å². The Morgan fingerprint density at radius 1 is 1.06 bits per heavy atom. The summed E-state index contributed by atoms with van der Waals surface area (Å²) in [5.41, 5.74) is 3.76. The molecule has 1 aromatic carbocycles. The zero-order chi connectivity index (χ0) is 23.7. The zero-order valence-corrected chi connectivity index (χ0v) is 19.5. The Morgan fingerprint density at radius 3 is 2.45 bits per heavy atom. The number of rotatable bonds is 6. The smallest absolute Gasteiger partial charge is 0.309 e. The Morgan fingerprint density at radius 2 is 1.79 bits per heavy atom. The van der Waals surface area contributed by atoms with Gasteiger partial charge in [-0.05, 0) is 58.2 Å². The average molecular weight is 448 g/mol. The van der Waals surface area contributed by atoms with Crippen LogP contribution in [0.15, 0.2) is 53.3 Å². The van der Waals surface area contributed by atoms with Crippen molar-refractivity contribution in [2.45, 2.75) is 40.0 Å². The summed E-state index contributed by atoms with van der Waals surface area (Å²) >= 11 is 0. The third-order valence-corrected chi connectivity index (χ3v) is 6.43. The molecule has 0 aliphatic heterocycles. The molecule has 7 nitrogen and oxygen atoms in total. The van der Waals surface area contributed by atoms with E-state index < -0.39 is 0 Å². The molecule has 0 spiro atoms. The number of ether oxygens (including phenoxy) is 1. The molecular weight excluding hydrogens is 418 g/mol. The summed E-state index contributed by atoms with van der Waals surface area (Å²) in [5.74, 6) is -0.782. The number of hydrogen-bond acceptors (Lipinski definition) is 4. The Hall–Kier alpha value is -3.61. The number of carbonyl (C=O) groups excluding carboxylic acids is 2. The van der Waals surface area contributed by atoms with E-state index >= 15 is 0 Å². The number of carbonyl (C=O) groups is 2. The summed E-state index contributed by atoms with van der Waals surface area (Å²) in [7, 11) is 1.84. The van der Waals surface area contributed by atoms with Crippen LogP contribution in [0.3, 0.4) is 0 Å². The molecule has 0 N–H and O–H groups in total. The van der Waals surface area contributed by atoms with Crippen LogP contribution < -0.4 is 5.56 Å². The van der Waals surface area contributed by atoms with Crippen molar-refractivity contribution in [1.82, 2.24) is 13.9 Å². The van der Waals surface area contributed by atoms with E-state index in [1.807, 2.05) is 73.5 Å². The largest absolute Gasteiger partial charge is 0.457 e. The third kappa shape index (κ3) is 4.11. The number of hydrogen-bond donors (Lipinski definition) is 0. The van der Waals surface area contributed by atoms with Gasteiger partial charge in [-0.1, -0.05) is 30.4 Å². The van der Waals surface area contributed by atoms with E-state index in [-0.39, 0.29) is 29.8 Å². The molecule has 1 aliphatic rings. The summed E-state index contributed by atoms with van der Waals surface area (Å²) in [4.78, 5) is 38.7. The third-order valence-electron chi connectivity index (χ3n) is 6.43. The fourth-order valence-electron chi connectivity index (χ4n) is 4.54. The highest BCUT2D eigenvalue weighted by molar-refractivity contribution is 5.99. The molecule has 0 bridgehead atoms. The molecule has 1 atom stereocenters. The maximum absolute atomic E-state index is 13.4. The average Bonchev–Trinajstić information content (AvgIpc) is 3.23. The van der Waals surface area contributed by atoms with E-state index in [9.17, 15) is 14.4 Å². The van der Waals surface area contributed by atoms with Crippen molar-refractivity contribution < 1.29 is 14.3 Å². The molecule has 172 valence electrons. The van der Waals surface area contributed by atoms with E-state index in [4.69, 9.17) is 4.74 Å². The first kappa shape index (κ1) is 22.6. The number of Topliss-reactive ketones (excluding diaryl/α,β-unsaturated/α-hetero) is 1. The number of benzene rings is 1. The van der Waals surface area contributed by atoms with E-state index in [2.05, 4.69) is 6.08 Å². The normalized spacial score (nSPS) is 15.6. The molecular formula is C26H29N3O4. The SMILES string of the molecule is Cc1cc(C(=O)COC(=O)C2CC=CCC2)c(C)n1-c1c(C)n(C)n(-c2ccccc2)c1=O. The highest BCUT2D eigenvalue weighted by Crippen LogP contribution is 2.24. The number of ketones is 1. The maximum Gasteiger partial charge on any atom is 0.309 e. The molecule has 1 aliphatic carbocycles. The monoisotopic (exact) mass is 447 g/mol. The quantitative estimate of drug-likeness (QED) is 0.326.